The van der Waals surface area contributed by atoms with Crippen LogP contribution < -0.4 is 15.8 Å². The molecule has 4 rings (SSSR count). The second-order valence-electron chi connectivity index (χ2n) is 10.4. The van der Waals surface area contributed by atoms with Crippen molar-refractivity contribution in [2.45, 2.75) is 45.2 Å². The number of unbranched alkanes of at least 4 members (excludes halogenated alkanes) is 1. The zero-order chi connectivity index (χ0) is 31.1. The van der Waals surface area contributed by atoms with Crippen LogP contribution in [0.1, 0.15) is 58.9 Å². The Hall–Kier alpha value is -3.93. The number of carboxylic acid groups (broad SMARTS) is 1. The summed E-state index contributed by atoms with van der Waals surface area (Å²) in [5, 5.41) is 11.8. The molecule has 1 aliphatic rings. The SMILES string of the molecule is CCCCN(C(=O)Nc1cc(C(N)=O)c(F)cc1F)C1CCN(Cc2ccc(Oc3ccc(C(=O)O)cc3Cl)cc2)CC1.Cl. The van der Waals surface area contributed by atoms with Gasteiger partial charge in [0.1, 0.15) is 23.1 Å². The van der Waals surface area contributed by atoms with Gasteiger partial charge in [0.15, 0.2) is 0 Å². The molecule has 9 nitrogen and oxygen atoms in total. The van der Waals surface area contributed by atoms with E-state index in [1.165, 1.54) is 18.2 Å². The molecule has 1 heterocycles. The topological polar surface area (TPSA) is 125 Å². The minimum absolute atomic E-state index is 0. The molecule has 44 heavy (non-hydrogen) atoms. The third-order valence-corrected chi connectivity index (χ3v) is 7.61. The maximum atomic E-state index is 14.4. The molecule has 1 aliphatic heterocycles. The van der Waals surface area contributed by atoms with Crippen molar-refractivity contribution in [3.63, 3.8) is 0 Å². The number of carbonyl (C=O) groups is 3. The van der Waals surface area contributed by atoms with Gasteiger partial charge in [-0.2, -0.15) is 0 Å². The smallest absolute Gasteiger partial charge is 0.335 e. The molecule has 0 spiro atoms. The highest BCUT2D eigenvalue weighted by Gasteiger charge is 2.28. The number of likely N-dealkylation sites (tertiary alicyclic amines) is 1. The molecule has 13 heteroatoms. The number of hydrogen-bond acceptors (Lipinski definition) is 5. The van der Waals surface area contributed by atoms with Crippen molar-refractivity contribution in [2.75, 3.05) is 25.0 Å². The van der Waals surface area contributed by atoms with Gasteiger partial charge in [-0.15, -0.1) is 12.4 Å². The lowest BCUT2D eigenvalue weighted by molar-refractivity contribution is 0.0696. The van der Waals surface area contributed by atoms with Crippen LogP contribution in [0.15, 0.2) is 54.6 Å². The third-order valence-electron chi connectivity index (χ3n) is 7.31. The van der Waals surface area contributed by atoms with Crippen LogP contribution in [0.2, 0.25) is 5.02 Å². The standard InChI is InChI=1S/C31H33ClF2N4O5.ClH/c1-2-3-12-38(31(42)36-27-16-23(29(35)39)25(33)17-26(27)34)21-10-13-37(14-11-21)18-19-4-7-22(8-5-19)43-28-9-6-20(30(40)41)15-24(28)32;/h4-9,15-17,21H,2-3,10-14,18H2,1H3,(H2,35,39)(H,36,42)(H,40,41);1H. The van der Waals surface area contributed by atoms with E-state index in [2.05, 4.69) is 10.2 Å². The van der Waals surface area contributed by atoms with Crippen LogP contribution in [-0.2, 0) is 6.54 Å². The van der Waals surface area contributed by atoms with Gasteiger partial charge in [-0.05, 0) is 61.2 Å². The number of amides is 3. The molecule has 3 amide bonds. The van der Waals surface area contributed by atoms with Crippen molar-refractivity contribution in [3.8, 4) is 11.5 Å². The first-order chi connectivity index (χ1) is 20.5. The van der Waals surface area contributed by atoms with E-state index < -0.39 is 35.1 Å². The molecule has 0 saturated carbocycles. The molecule has 4 N–H and O–H groups in total. The molecule has 1 fully saturated rings. The van der Waals surface area contributed by atoms with Crippen LogP contribution in [0, 0.1) is 11.6 Å². The first-order valence-corrected chi connectivity index (χ1v) is 14.3. The second-order valence-corrected chi connectivity index (χ2v) is 10.8. The largest absolute Gasteiger partial charge is 0.478 e. The van der Waals surface area contributed by atoms with E-state index in [1.807, 2.05) is 31.2 Å². The molecule has 0 aromatic heterocycles. The lowest BCUT2D eigenvalue weighted by Crippen LogP contribution is -2.49. The summed E-state index contributed by atoms with van der Waals surface area (Å²) in [6, 6.07) is 12.7. The van der Waals surface area contributed by atoms with Gasteiger partial charge in [0.2, 0.25) is 0 Å². The summed E-state index contributed by atoms with van der Waals surface area (Å²) >= 11 is 6.16. The van der Waals surface area contributed by atoms with Crippen molar-refractivity contribution in [3.05, 3.63) is 87.9 Å². The van der Waals surface area contributed by atoms with Gasteiger partial charge in [0.25, 0.3) is 5.91 Å². The van der Waals surface area contributed by atoms with E-state index in [1.54, 1.807) is 4.90 Å². The zero-order valence-corrected chi connectivity index (χ0v) is 25.6. The summed E-state index contributed by atoms with van der Waals surface area (Å²) < 4.78 is 34.1. The normalized spacial score (nSPS) is 13.5. The number of carboxylic acids is 1. The number of rotatable bonds is 11. The van der Waals surface area contributed by atoms with E-state index in [4.69, 9.17) is 27.2 Å². The molecule has 1 saturated heterocycles. The number of halogens is 4. The van der Waals surface area contributed by atoms with Gasteiger partial charge in [0.05, 0.1) is 21.8 Å². The Kier molecular flexibility index (Phi) is 12.3. The molecule has 0 aliphatic carbocycles. The van der Waals surface area contributed by atoms with Crippen molar-refractivity contribution < 1.29 is 33.0 Å². The highest BCUT2D eigenvalue weighted by Crippen LogP contribution is 2.31. The number of ether oxygens (including phenoxy) is 1. The average Bonchev–Trinajstić information content (AvgIpc) is 2.97. The number of benzene rings is 3. The number of hydrogen-bond donors (Lipinski definition) is 3. The number of nitrogens with one attached hydrogen (secondary N) is 1. The highest BCUT2D eigenvalue weighted by molar-refractivity contribution is 6.32. The van der Waals surface area contributed by atoms with Crippen molar-refractivity contribution in [1.29, 1.82) is 0 Å². The number of primary amides is 1. The minimum Gasteiger partial charge on any atom is -0.478 e. The quantitative estimate of drug-likeness (QED) is 0.207. The Morgan fingerprint density at radius 1 is 1.07 bits per heavy atom. The Labute approximate surface area is 265 Å². The zero-order valence-electron chi connectivity index (χ0n) is 24.0. The van der Waals surface area contributed by atoms with Crippen LogP contribution in [0.25, 0.3) is 0 Å². The lowest BCUT2D eigenvalue weighted by atomic mass is 10.0. The molecule has 0 unspecified atom stereocenters. The summed E-state index contributed by atoms with van der Waals surface area (Å²) in [6.07, 6.45) is 3.04. The first kappa shape index (κ1) is 34.6. The van der Waals surface area contributed by atoms with E-state index in [-0.39, 0.29) is 34.7 Å². The molecule has 0 bridgehead atoms. The van der Waals surface area contributed by atoms with Gasteiger partial charge in [-0.25, -0.2) is 18.4 Å². The minimum atomic E-state index is -1.09. The number of nitrogens with zero attached hydrogens (tertiary/aromatic N) is 2. The van der Waals surface area contributed by atoms with Crippen LogP contribution in [-0.4, -0.2) is 58.5 Å². The Morgan fingerprint density at radius 2 is 1.75 bits per heavy atom. The second kappa shape index (κ2) is 15.7. The molecule has 0 radical (unpaired) electrons. The van der Waals surface area contributed by atoms with Gasteiger partial charge < -0.3 is 25.8 Å². The van der Waals surface area contributed by atoms with Crippen LogP contribution >= 0.6 is 24.0 Å². The van der Waals surface area contributed by atoms with E-state index >= 15 is 0 Å². The van der Waals surface area contributed by atoms with Gasteiger partial charge in [0, 0.05) is 38.3 Å². The summed E-state index contributed by atoms with van der Waals surface area (Å²) in [7, 11) is 0. The van der Waals surface area contributed by atoms with Crippen molar-refractivity contribution in [1.82, 2.24) is 9.80 Å². The Balaban J connectivity index is 0.00000529. The highest BCUT2D eigenvalue weighted by atomic mass is 35.5. The van der Waals surface area contributed by atoms with E-state index in [0.717, 1.165) is 37.6 Å². The van der Waals surface area contributed by atoms with E-state index in [0.29, 0.717) is 43.5 Å². The maximum Gasteiger partial charge on any atom is 0.335 e. The summed E-state index contributed by atoms with van der Waals surface area (Å²) in [5.74, 6) is -3.28. The summed E-state index contributed by atoms with van der Waals surface area (Å²) in [6.45, 7) is 4.65. The summed E-state index contributed by atoms with van der Waals surface area (Å²) in [5.41, 5.74) is 5.52. The Bertz CT molecular complexity index is 1480. The summed E-state index contributed by atoms with van der Waals surface area (Å²) in [4.78, 5) is 39.8. The van der Waals surface area contributed by atoms with Crippen molar-refractivity contribution in [2.24, 2.45) is 5.73 Å². The van der Waals surface area contributed by atoms with Gasteiger partial charge in [-0.1, -0.05) is 37.1 Å². The van der Waals surface area contributed by atoms with Gasteiger partial charge in [-0.3, -0.25) is 9.69 Å². The monoisotopic (exact) mass is 650 g/mol. The molecule has 3 aromatic carbocycles. The fourth-order valence-corrected chi connectivity index (χ4v) is 5.17. The number of aromatic carboxylic acids is 1. The number of piperidine rings is 1. The number of urea groups is 1. The maximum absolute atomic E-state index is 14.4. The number of nitrogens with two attached hydrogens (primary N) is 1. The van der Waals surface area contributed by atoms with Crippen LogP contribution in [0.4, 0.5) is 19.3 Å². The third kappa shape index (κ3) is 8.81. The lowest BCUT2D eigenvalue weighted by Gasteiger charge is -2.38. The van der Waals surface area contributed by atoms with E-state index in [9.17, 15) is 23.2 Å². The molecule has 0 atom stereocenters. The molecule has 236 valence electrons. The molecular formula is C31H34Cl2F2N4O5. The fraction of sp³-hybridized carbons (Fsp3) is 0.323. The molecular weight excluding hydrogens is 617 g/mol. The number of carbonyl (C=O) groups excluding carboxylic acids is 2. The predicted octanol–water partition coefficient (Wildman–Crippen LogP) is 6.93. The fourth-order valence-electron chi connectivity index (χ4n) is 4.95. The number of anilines is 1. The van der Waals surface area contributed by atoms with Crippen molar-refractivity contribution >= 4 is 47.6 Å². The Morgan fingerprint density at radius 3 is 2.34 bits per heavy atom. The average molecular weight is 652 g/mol. The van der Waals surface area contributed by atoms with Gasteiger partial charge >= 0.3 is 12.0 Å². The predicted molar refractivity (Wildman–Crippen MR) is 166 cm³/mol. The van der Waals surface area contributed by atoms with Crippen LogP contribution in [0.5, 0.6) is 11.5 Å². The van der Waals surface area contributed by atoms with Crippen LogP contribution in [0.3, 0.4) is 0 Å². The first-order valence-electron chi connectivity index (χ1n) is 13.9. The molecule has 3 aromatic rings.